The standard InChI is InChI=1S/C21H29NO5SSi/c1-21(2)25-18-15(23-13-14-9-7-6-8-10-14)16(24-20(18)26-21)17(27-29(3,4)5)19-22-11-12-28-19/h6-12,15-18,20H,13H2,1-5H3/t15-,16-,17+,18+,20+/m0/s1. The molecule has 6 nitrogen and oxygen atoms in total. The number of aromatic nitrogens is 1. The maximum Gasteiger partial charge on any atom is 0.190 e. The Hall–Kier alpha value is -1.13. The molecule has 29 heavy (non-hydrogen) atoms. The van der Waals surface area contributed by atoms with E-state index in [1.165, 1.54) is 0 Å². The first kappa shape index (κ1) is 21.1. The average Bonchev–Trinajstić information content (AvgIpc) is 3.33. The third-order valence-electron chi connectivity index (χ3n) is 4.79. The molecule has 2 saturated heterocycles. The molecule has 0 aliphatic carbocycles. The predicted molar refractivity (Wildman–Crippen MR) is 113 cm³/mol. The number of nitrogens with zero attached hydrogens (tertiary/aromatic N) is 1. The summed E-state index contributed by atoms with van der Waals surface area (Å²) in [7, 11) is -1.88. The fraction of sp³-hybridized carbons (Fsp3) is 0.571. The zero-order chi connectivity index (χ0) is 20.6. The van der Waals surface area contributed by atoms with Gasteiger partial charge in [-0.05, 0) is 39.1 Å². The van der Waals surface area contributed by atoms with Gasteiger partial charge in [0.2, 0.25) is 0 Å². The molecule has 0 N–H and O–H groups in total. The van der Waals surface area contributed by atoms with Crippen LogP contribution in [0.5, 0.6) is 0 Å². The molecule has 1 aromatic heterocycles. The largest absolute Gasteiger partial charge is 0.405 e. The fourth-order valence-electron chi connectivity index (χ4n) is 3.72. The lowest BCUT2D eigenvalue weighted by Crippen LogP contribution is -2.43. The van der Waals surface area contributed by atoms with Crippen LogP contribution in [-0.4, -0.2) is 43.7 Å². The predicted octanol–water partition coefficient (Wildman–Crippen LogP) is 4.50. The van der Waals surface area contributed by atoms with E-state index in [0.717, 1.165) is 10.6 Å². The Morgan fingerprint density at radius 3 is 2.59 bits per heavy atom. The van der Waals surface area contributed by atoms with Crippen LogP contribution in [0.3, 0.4) is 0 Å². The van der Waals surface area contributed by atoms with Crippen LogP contribution >= 0.6 is 11.3 Å². The Labute approximate surface area is 177 Å². The Kier molecular flexibility index (Phi) is 5.96. The Balaban J connectivity index is 1.60. The van der Waals surface area contributed by atoms with Gasteiger partial charge in [0, 0.05) is 11.6 Å². The Morgan fingerprint density at radius 2 is 1.93 bits per heavy atom. The molecule has 8 heteroatoms. The van der Waals surface area contributed by atoms with Crippen molar-refractivity contribution in [3.05, 3.63) is 52.5 Å². The normalized spacial score (nSPS) is 29.7. The molecule has 2 aliphatic rings. The summed E-state index contributed by atoms with van der Waals surface area (Å²) in [5.41, 5.74) is 1.10. The van der Waals surface area contributed by atoms with Gasteiger partial charge in [0.1, 0.15) is 29.4 Å². The minimum absolute atomic E-state index is 0.314. The van der Waals surface area contributed by atoms with Crippen molar-refractivity contribution in [3.63, 3.8) is 0 Å². The van der Waals surface area contributed by atoms with Crippen molar-refractivity contribution in [1.82, 2.24) is 4.98 Å². The smallest absolute Gasteiger partial charge is 0.190 e. The summed E-state index contributed by atoms with van der Waals surface area (Å²) in [5, 5.41) is 2.85. The molecule has 0 amide bonds. The lowest BCUT2D eigenvalue weighted by Gasteiger charge is -2.33. The number of hydrogen-bond acceptors (Lipinski definition) is 7. The van der Waals surface area contributed by atoms with Gasteiger partial charge in [-0.25, -0.2) is 4.98 Å². The molecule has 0 bridgehead atoms. The molecule has 2 aromatic rings. The molecule has 2 aliphatic heterocycles. The minimum Gasteiger partial charge on any atom is -0.405 e. The molecule has 4 rings (SSSR count). The first-order valence-corrected chi connectivity index (χ1v) is 14.2. The Morgan fingerprint density at radius 1 is 1.17 bits per heavy atom. The molecule has 2 fully saturated rings. The minimum atomic E-state index is -1.88. The van der Waals surface area contributed by atoms with Gasteiger partial charge in [0.05, 0.1) is 6.61 Å². The molecule has 1 aromatic carbocycles. The SMILES string of the molecule is CC1(C)O[C@H]2O[C@H]([C@@H](O[Si](C)(C)C)c3nccs3)[C@H](OCc3ccccc3)[C@H]2O1. The van der Waals surface area contributed by atoms with Crippen LogP contribution in [0.15, 0.2) is 41.9 Å². The van der Waals surface area contributed by atoms with E-state index in [2.05, 4.69) is 36.8 Å². The highest BCUT2D eigenvalue weighted by molar-refractivity contribution is 7.09. The van der Waals surface area contributed by atoms with Crippen molar-refractivity contribution in [2.45, 2.75) is 76.6 Å². The van der Waals surface area contributed by atoms with Gasteiger partial charge in [-0.15, -0.1) is 11.3 Å². The van der Waals surface area contributed by atoms with E-state index in [-0.39, 0.29) is 24.4 Å². The van der Waals surface area contributed by atoms with Crippen LogP contribution in [-0.2, 0) is 30.0 Å². The van der Waals surface area contributed by atoms with Crippen molar-refractivity contribution in [3.8, 4) is 0 Å². The van der Waals surface area contributed by atoms with Crippen LogP contribution in [0.2, 0.25) is 19.6 Å². The molecule has 0 radical (unpaired) electrons. The second-order valence-corrected chi connectivity index (χ2v) is 14.2. The van der Waals surface area contributed by atoms with E-state index in [4.69, 9.17) is 23.4 Å². The summed E-state index contributed by atoms with van der Waals surface area (Å²) in [4.78, 5) is 4.52. The summed E-state index contributed by atoms with van der Waals surface area (Å²) in [6.07, 6.45) is -0.0000917. The second-order valence-electron chi connectivity index (χ2n) is 8.85. The Bertz CT molecular complexity index is 795. The van der Waals surface area contributed by atoms with E-state index in [1.807, 2.05) is 37.4 Å². The second kappa shape index (κ2) is 8.18. The maximum absolute atomic E-state index is 6.54. The van der Waals surface area contributed by atoms with E-state index in [1.54, 1.807) is 17.5 Å². The lowest BCUT2D eigenvalue weighted by molar-refractivity contribution is -0.229. The number of benzene rings is 1. The van der Waals surface area contributed by atoms with Crippen molar-refractivity contribution in [1.29, 1.82) is 0 Å². The highest BCUT2D eigenvalue weighted by atomic mass is 32.1. The first-order valence-electron chi connectivity index (χ1n) is 9.96. The monoisotopic (exact) mass is 435 g/mol. The topological polar surface area (TPSA) is 59.0 Å². The van der Waals surface area contributed by atoms with E-state index >= 15 is 0 Å². The maximum atomic E-state index is 6.54. The molecule has 3 heterocycles. The average molecular weight is 436 g/mol. The van der Waals surface area contributed by atoms with Gasteiger partial charge in [-0.3, -0.25) is 0 Å². The quantitative estimate of drug-likeness (QED) is 0.597. The van der Waals surface area contributed by atoms with E-state index in [9.17, 15) is 0 Å². The third-order valence-corrected chi connectivity index (χ3v) is 6.58. The van der Waals surface area contributed by atoms with Crippen molar-refractivity contribution >= 4 is 19.7 Å². The van der Waals surface area contributed by atoms with Crippen LogP contribution in [0.1, 0.15) is 30.5 Å². The highest BCUT2D eigenvalue weighted by Crippen LogP contribution is 2.44. The van der Waals surface area contributed by atoms with Crippen LogP contribution in [0.4, 0.5) is 0 Å². The van der Waals surface area contributed by atoms with Gasteiger partial charge >= 0.3 is 0 Å². The zero-order valence-electron chi connectivity index (χ0n) is 17.5. The third kappa shape index (κ3) is 4.96. The lowest BCUT2D eigenvalue weighted by atomic mass is 10.1. The molecule has 0 spiro atoms. The molecule has 0 saturated carbocycles. The van der Waals surface area contributed by atoms with Gasteiger partial charge in [0.15, 0.2) is 20.4 Å². The van der Waals surface area contributed by atoms with Crippen molar-refractivity contribution < 1.29 is 23.4 Å². The molecule has 158 valence electrons. The van der Waals surface area contributed by atoms with Gasteiger partial charge in [-0.1, -0.05) is 30.3 Å². The summed E-state index contributed by atoms with van der Waals surface area (Å²) in [5.74, 6) is -0.703. The number of fused-ring (bicyclic) bond motifs is 1. The van der Waals surface area contributed by atoms with Gasteiger partial charge in [0.25, 0.3) is 0 Å². The number of ether oxygens (including phenoxy) is 4. The summed E-state index contributed by atoms with van der Waals surface area (Å²) < 4.78 is 31.4. The fourth-order valence-corrected chi connectivity index (χ4v) is 5.51. The van der Waals surface area contributed by atoms with Crippen LogP contribution in [0, 0.1) is 0 Å². The van der Waals surface area contributed by atoms with Gasteiger partial charge < -0.3 is 23.4 Å². The molecule has 0 unspecified atom stereocenters. The molecule has 5 atom stereocenters. The van der Waals surface area contributed by atoms with E-state index < -0.39 is 20.4 Å². The van der Waals surface area contributed by atoms with Crippen LogP contribution in [0.25, 0.3) is 0 Å². The summed E-state index contributed by atoms with van der Waals surface area (Å²) >= 11 is 1.57. The number of thiazole rings is 1. The van der Waals surface area contributed by atoms with Gasteiger partial charge in [-0.2, -0.15) is 0 Å². The zero-order valence-corrected chi connectivity index (χ0v) is 19.3. The summed E-state index contributed by atoms with van der Waals surface area (Å²) in [6, 6.07) is 10.1. The first-order chi connectivity index (χ1) is 13.7. The molecular weight excluding hydrogens is 406 g/mol. The van der Waals surface area contributed by atoms with Crippen molar-refractivity contribution in [2.75, 3.05) is 0 Å². The van der Waals surface area contributed by atoms with Crippen LogP contribution < -0.4 is 0 Å². The van der Waals surface area contributed by atoms with E-state index in [0.29, 0.717) is 6.61 Å². The van der Waals surface area contributed by atoms with Crippen molar-refractivity contribution in [2.24, 2.45) is 0 Å². The number of hydrogen-bond donors (Lipinski definition) is 0. The summed E-state index contributed by atoms with van der Waals surface area (Å²) in [6.45, 7) is 10.8. The number of rotatable bonds is 7. The highest BCUT2D eigenvalue weighted by Gasteiger charge is 2.58. The molecular formula is C21H29NO5SSi.